The van der Waals surface area contributed by atoms with Gasteiger partial charge in [-0.05, 0) is 69.4 Å². The molecule has 0 aromatic carbocycles. The van der Waals surface area contributed by atoms with Crippen LogP contribution in [-0.2, 0) is 12.4 Å². The average molecular weight is 742 g/mol. The topological polar surface area (TPSA) is 131 Å². The third-order valence-electron chi connectivity index (χ3n) is 5.14. The van der Waals surface area contributed by atoms with Crippen LogP contribution in [0.15, 0.2) is 21.2 Å². The maximum absolute atomic E-state index is 12.9. The lowest BCUT2D eigenvalue weighted by Gasteiger charge is -2.15. The molecule has 236 valence electrons. The van der Waals surface area contributed by atoms with E-state index in [2.05, 4.69) is 55.7 Å². The quantitative estimate of drug-likeness (QED) is 0.0692. The van der Waals surface area contributed by atoms with Crippen molar-refractivity contribution in [3.05, 3.63) is 52.7 Å². The summed E-state index contributed by atoms with van der Waals surface area (Å²) in [6.45, 7) is 8.27. The number of hydrogen-bond donors (Lipinski definition) is 0. The number of ether oxygens (including phenoxy) is 2. The fourth-order valence-corrected chi connectivity index (χ4v) is 3.98. The van der Waals surface area contributed by atoms with Gasteiger partial charge in [-0.25, -0.2) is 4.98 Å². The maximum atomic E-state index is 12.9. The second-order valence-corrected chi connectivity index (χ2v) is 11.2. The fraction of sp³-hybridized carbons (Fsp3) is 0.583. The number of rotatable bonds is 12. The molecule has 10 nitrogen and oxygen atoms in total. The highest BCUT2D eigenvalue weighted by Crippen LogP contribution is 2.42. The molecule has 0 saturated carbocycles. The Morgan fingerprint density at radius 2 is 1.26 bits per heavy atom. The summed E-state index contributed by atoms with van der Waals surface area (Å²) in [6, 6.07) is 1.18. The highest BCUT2D eigenvalue weighted by atomic mass is 79.9. The minimum Gasteiger partial charge on any atom is -0.477 e. The van der Waals surface area contributed by atoms with Crippen molar-refractivity contribution in [1.82, 2.24) is 9.97 Å². The molecule has 0 radical (unpaired) electrons. The molecule has 0 fully saturated rings. The summed E-state index contributed by atoms with van der Waals surface area (Å²) >= 11 is 6.28. The van der Waals surface area contributed by atoms with E-state index in [9.17, 15) is 46.6 Å². The first-order chi connectivity index (χ1) is 19.2. The van der Waals surface area contributed by atoms with Gasteiger partial charge in [0.25, 0.3) is 0 Å². The van der Waals surface area contributed by atoms with E-state index in [1.807, 2.05) is 13.8 Å². The third kappa shape index (κ3) is 12.2. The smallest absolute Gasteiger partial charge is 0.440 e. The molecule has 2 heterocycles. The highest BCUT2D eigenvalue weighted by Gasteiger charge is 2.45. The van der Waals surface area contributed by atoms with E-state index in [1.165, 1.54) is 6.07 Å². The van der Waals surface area contributed by atoms with Crippen molar-refractivity contribution >= 4 is 43.2 Å². The van der Waals surface area contributed by atoms with Crippen LogP contribution in [0.1, 0.15) is 64.6 Å². The Kier molecular flexibility index (Phi) is 14.4. The summed E-state index contributed by atoms with van der Waals surface area (Å²) in [6.07, 6.45) is -7.54. The first-order valence-corrected chi connectivity index (χ1v) is 13.9. The highest BCUT2D eigenvalue weighted by molar-refractivity contribution is 9.11. The lowest BCUT2D eigenvalue weighted by atomic mass is 10.1. The SMILES string of the molecule is CC(C)CCCOc1nc(Br)c([N+](=O)[O-])cc1Br.CC(C)CCCOc1nc(C(F)(F)F)c([N+](=O)[O-])cc1C(F)(F)F. The van der Waals surface area contributed by atoms with Crippen molar-refractivity contribution in [2.45, 2.75) is 65.7 Å². The normalized spacial score (nSPS) is 11.8. The summed E-state index contributed by atoms with van der Waals surface area (Å²) in [7, 11) is 0. The second kappa shape index (κ2) is 16.2. The van der Waals surface area contributed by atoms with Crippen molar-refractivity contribution in [2.24, 2.45) is 11.8 Å². The molecule has 0 atom stereocenters. The molecule has 0 amide bonds. The van der Waals surface area contributed by atoms with Crippen LogP contribution in [0.4, 0.5) is 37.7 Å². The molecule has 0 unspecified atom stereocenters. The van der Waals surface area contributed by atoms with Crippen molar-refractivity contribution in [2.75, 3.05) is 13.2 Å². The molecular formula is C24H28Br2F6N4O6. The number of halogens is 8. The van der Waals surface area contributed by atoms with Gasteiger partial charge in [-0.15, -0.1) is 0 Å². The molecule has 0 aliphatic rings. The van der Waals surface area contributed by atoms with E-state index in [1.54, 1.807) is 0 Å². The van der Waals surface area contributed by atoms with E-state index in [-0.39, 0.29) is 28.9 Å². The molecule has 42 heavy (non-hydrogen) atoms. The van der Waals surface area contributed by atoms with Crippen LogP contribution in [-0.4, -0.2) is 33.0 Å². The number of nitrogens with zero attached hydrogens (tertiary/aromatic N) is 4. The van der Waals surface area contributed by atoms with Crippen LogP contribution >= 0.6 is 31.9 Å². The van der Waals surface area contributed by atoms with Gasteiger partial charge in [0.15, 0.2) is 4.60 Å². The van der Waals surface area contributed by atoms with Crippen LogP contribution in [0.3, 0.4) is 0 Å². The fourth-order valence-electron chi connectivity index (χ4n) is 3.14. The first kappa shape index (κ1) is 37.3. The van der Waals surface area contributed by atoms with Crippen LogP contribution in [0, 0.1) is 32.1 Å². The number of nitro groups is 2. The van der Waals surface area contributed by atoms with Crippen LogP contribution in [0.2, 0.25) is 0 Å². The van der Waals surface area contributed by atoms with Gasteiger partial charge in [0.2, 0.25) is 17.5 Å². The Labute approximate surface area is 253 Å². The third-order valence-corrected chi connectivity index (χ3v) is 6.29. The van der Waals surface area contributed by atoms with Gasteiger partial charge in [0.05, 0.1) is 27.5 Å². The van der Waals surface area contributed by atoms with Crippen molar-refractivity contribution in [1.29, 1.82) is 0 Å². The van der Waals surface area contributed by atoms with Gasteiger partial charge in [-0.3, -0.25) is 20.2 Å². The Morgan fingerprint density at radius 3 is 1.67 bits per heavy atom. The average Bonchev–Trinajstić information content (AvgIpc) is 2.84. The van der Waals surface area contributed by atoms with E-state index >= 15 is 0 Å². The Balaban J connectivity index is 0.000000437. The van der Waals surface area contributed by atoms with Crippen LogP contribution < -0.4 is 9.47 Å². The summed E-state index contributed by atoms with van der Waals surface area (Å²) < 4.78 is 88.1. The van der Waals surface area contributed by atoms with E-state index in [4.69, 9.17) is 9.47 Å². The second-order valence-electron chi connectivity index (χ2n) is 9.57. The molecule has 0 N–H and O–H groups in total. The largest absolute Gasteiger partial charge is 0.477 e. The summed E-state index contributed by atoms with van der Waals surface area (Å²) in [4.78, 5) is 26.0. The number of alkyl halides is 6. The van der Waals surface area contributed by atoms with Crippen molar-refractivity contribution in [3.8, 4) is 11.8 Å². The Morgan fingerprint density at radius 1 is 0.786 bits per heavy atom. The standard InChI is InChI=1S/C13H14F6N2O3.C11H14Br2N2O3/c1-7(2)4-3-5-24-11-8(12(14,15)16)6-9(21(22)23)10(20-11)13(17,18)19;1-7(2)4-3-5-18-11-8(12)6-9(15(16)17)10(13)14-11/h6-7H,3-5H2,1-2H3;6-7H,3-5H2,1-2H3. The van der Waals surface area contributed by atoms with E-state index in [0.29, 0.717) is 35.7 Å². The van der Waals surface area contributed by atoms with Crippen LogP contribution in [0.25, 0.3) is 0 Å². The molecule has 2 rings (SSSR count). The van der Waals surface area contributed by atoms with Gasteiger partial charge in [-0.2, -0.15) is 31.3 Å². The zero-order valence-corrected chi connectivity index (χ0v) is 26.0. The summed E-state index contributed by atoms with van der Waals surface area (Å²) in [5.74, 6) is -0.0831. The van der Waals surface area contributed by atoms with Crippen LogP contribution in [0.5, 0.6) is 11.8 Å². The monoisotopic (exact) mass is 740 g/mol. The summed E-state index contributed by atoms with van der Waals surface area (Å²) in [5.41, 5.74) is -5.60. The number of pyridine rings is 2. The predicted molar refractivity (Wildman–Crippen MR) is 146 cm³/mol. The Hall–Kier alpha value is -2.76. The lowest BCUT2D eigenvalue weighted by Crippen LogP contribution is -2.17. The lowest BCUT2D eigenvalue weighted by molar-refractivity contribution is -0.388. The van der Waals surface area contributed by atoms with Gasteiger partial charge in [0.1, 0.15) is 5.56 Å². The van der Waals surface area contributed by atoms with Crippen molar-refractivity contribution in [3.63, 3.8) is 0 Å². The van der Waals surface area contributed by atoms with Crippen molar-refractivity contribution < 1.29 is 45.7 Å². The zero-order valence-electron chi connectivity index (χ0n) is 22.8. The molecule has 0 bridgehead atoms. The first-order valence-electron chi connectivity index (χ1n) is 12.3. The molecule has 0 aliphatic heterocycles. The van der Waals surface area contributed by atoms with E-state index < -0.39 is 45.0 Å². The maximum Gasteiger partial charge on any atom is 0.440 e. The molecule has 0 spiro atoms. The minimum atomic E-state index is -5.29. The summed E-state index contributed by atoms with van der Waals surface area (Å²) in [5, 5.41) is 21.3. The van der Waals surface area contributed by atoms with Gasteiger partial charge < -0.3 is 9.47 Å². The molecule has 18 heteroatoms. The van der Waals surface area contributed by atoms with Gasteiger partial charge in [-0.1, -0.05) is 27.7 Å². The van der Waals surface area contributed by atoms with Gasteiger partial charge in [0, 0.05) is 12.1 Å². The minimum absolute atomic E-state index is 0.0867. The number of aromatic nitrogens is 2. The molecular weight excluding hydrogens is 714 g/mol. The number of hydrogen-bond acceptors (Lipinski definition) is 8. The predicted octanol–water partition coefficient (Wildman–Crippen LogP) is 9.17. The van der Waals surface area contributed by atoms with Gasteiger partial charge >= 0.3 is 23.7 Å². The zero-order chi connectivity index (χ0) is 32.4. The molecule has 2 aromatic heterocycles. The van der Waals surface area contributed by atoms with E-state index in [0.717, 1.165) is 12.8 Å². The molecule has 0 aliphatic carbocycles. The Bertz CT molecular complexity index is 1230. The molecule has 0 saturated heterocycles. The molecule has 2 aromatic rings.